The molecule has 1 fully saturated rings. The standard InChI is InChI=1S/C47H79O13P/c1-3-5-7-9-11-13-15-17-19-20-22-23-25-27-29-31-33-35-40(48)57-37-39(38-58-61(55,56)60-47-45(53)43(51)42(50)44(52)46(47)54)59-41(49)36-34-32-30-28-26-24-21-18-16-14-12-10-8-6-4-2/h7,9,13,15,19-20,23,25,30,32,34,36,39,42-47,50-54H,3-6,8,10-12,14,16-18,21-22,24,26-29,31,33,35,37-38H2,1-2H3,(H,55,56)/b9-7+,15-13+,20-19+,25-23+,32-30+,36-34+/t39-,42?,43-,44?,45?,46?,47?/m0/s1. The highest BCUT2D eigenvalue weighted by molar-refractivity contribution is 7.47. The van der Waals surface area contributed by atoms with Crippen molar-refractivity contribution >= 4 is 19.8 Å². The van der Waals surface area contributed by atoms with Gasteiger partial charge in [0.15, 0.2) is 6.10 Å². The van der Waals surface area contributed by atoms with Gasteiger partial charge in [0.25, 0.3) is 0 Å². The minimum Gasteiger partial charge on any atom is -0.462 e. The van der Waals surface area contributed by atoms with Crippen LogP contribution in [0.25, 0.3) is 0 Å². The van der Waals surface area contributed by atoms with Gasteiger partial charge in [0.2, 0.25) is 0 Å². The molecule has 8 atom stereocenters. The van der Waals surface area contributed by atoms with Crippen LogP contribution in [0, 0.1) is 0 Å². The van der Waals surface area contributed by atoms with E-state index in [1.54, 1.807) is 6.08 Å². The second-order valence-corrected chi connectivity index (χ2v) is 17.0. The number of hydrogen-bond donors (Lipinski definition) is 6. The fourth-order valence-electron chi connectivity index (χ4n) is 6.42. The molecule has 13 nitrogen and oxygen atoms in total. The van der Waals surface area contributed by atoms with Gasteiger partial charge in [-0.15, -0.1) is 0 Å². The molecule has 0 aromatic carbocycles. The molecule has 0 spiro atoms. The molecular formula is C47H79O13P. The number of esters is 2. The fourth-order valence-corrected chi connectivity index (χ4v) is 7.39. The highest BCUT2D eigenvalue weighted by Gasteiger charge is 2.51. The Hall–Kier alpha value is -2.71. The van der Waals surface area contributed by atoms with Crippen LogP contribution in [-0.2, 0) is 32.7 Å². The maximum absolute atomic E-state index is 12.8. The van der Waals surface area contributed by atoms with Crippen molar-refractivity contribution in [3.8, 4) is 0 Å². The zero-order valence-corrected chi connectivity index (χ0v) is 37.8. The lowest BCUT2D eigenvalue weighted by Gasteiger charge is -2.41. The van der Waals surface area contributed by atoms with E-state index in [9.17, 15) is 44.6 Å². The summed E-state index contributed by atoms with van der Waals surface area (Å²) in [5.74, 6) is -1.39. The van der Waals surface area contributed by atoms with E-state index in [1.165, 1.54) is 70.3 Å². The topological polar surface area (TPSA) is 210 Å². The van der Waals surface area contributed by atoms with Crippen LogP contribution in [0.1, 0.15) is 155 Å². The Bertz CT molecular complexity index is 1340. The Morgan fingerprint density at radius 2 is 1.03 bits per heavy atom. The van der Waals surface area contributed by atoms with Crippen LogP contribution < -0.4 is 0 Å². The van der Waals surface area contributed by atoms with E-state index < -0.39 is 75.7 Å². The first-order valence-corrected chi connectivity index (χ1v) is 24.3. The number of phosphoric acid groups is 1. The van der Waals surface area contributed by atoms with Crippen molar-refractivity contribution in [2.75, 3.05) is 13.2 Å². The van der Waals surface area contributed by atoms with Gasteiger partial charge < -0.3 is 39.9 Å². The molecule has 61 heavy (non-hydrogen) atoms. The van der Waals surface area contributed by atoms with Gasteiger partial charge in [0.1, 0.15) is 43.2 Å². The largest absolute Gasteiger partial charge is 0.472 e. The molecule has 6 unspecified atom stereocenters. The Labute approximate surface area is 365 Å². The summed E-state index contributed by atoms with van der Waals surface area (Å²) in [6.07, 6.45) is 33.0. The third-order valence-electron chi connectivity index (χ3n) is 10.1. The first-order chi connectivity index (χ1) is 29.4. The van der Waals surface area contributed by atoms with Crippen molar-refractivity contribution in [3.05, 3.63) is 72.9 Å². The summed E-state index contributed by atoms with van der Waals surface area (Å²) in [6, 6.07) is 0. The number of rotatable bonds is 36. The number of aliphatic hydroxyl groups excluding tert-OH is 5. The molecule has 0 aromatic heterocycles. The first-order valence-electron chi connectivity index (χ1n) is 22.8. The van der Waals surface area contributed by atoms with Crippen molar-refractivity contribution in [2.45, 2.75) is 198 Å². The number of allylic oxidation sites excluding steroid dienone is 11. The number of unbranched alkanes of at least 4 members (excludes halogenated alkanes) is 15. The summed E-state index contributed by atoms with van der Waals surface area (Å²) in [4.78, 5) is 35.5. The lowest BCUT2D eigenvalue weighted by Crippen LogP contribution is -2.64. The maximum Gasteiger partial charge on any atom is 0.472 e. The highest BCUT2D eigenvalue weighted by atomic mass is 31.2. The van der Waals surface area contributed by atoms with E-state index in [2.05, 4.69) is 62.5 Å². The van der Waals surface area contributed by atoms with E-state index >= 15 is 0 Å². The van der Waals surface area contributed by atoms with E-state index in [0.29, 0.717) is 6.42 Å². The van der Waals surface area contributed by atoms with Crippen LogP contribution >= 0.6 is 7.82 Å². The van der Waals surface area contributed by atoms with Crippen molar-refractivity contribution in [2.24, 2.45) is 0 Å². The van der Waals surface area contributed by atoms with Gasteiger partial charge in [-0.2, -0.15) is 0 Å². The average molecular weight is 883 g/mol. The van der Waals surface area contributed by atoms with E-state index in [4.69, 9.17) is 18.5 Å². The van der Waals surface area contributed by atoms with Crippen LogP contribution in [0.4, 0.5) is 0 Å². The molecule has 1 saturated carbocycles. The molecule has 0 heterocycles. The number of aliphatic hydroxyl groups is 5. The number of phosphoric ester groups is 1. The highest BCUT2D eigenvalue weighted by Crippen LogP contribution is 2.47. The molecule has 1 aliphatic rings. The van der Waals surface area contributed by atoms with Crippen LogP contribution in [0.2, 0.25) is 0 Å². The summed E-state index contributed by atoms with van der Waals surface area (Å²) in [6.45, 7) is 3.09. The molecule has 1 rings (SSSR count). The average Bonchev–Trinajstić information content (AvgIpc) is 3.24. The Balaban J connectivity index is 2.55. The van der Waals surface area contributed by atoms with Crippen LogP contribution in [-0.4, -0.2) is 98.3 Å². The Morgan fingerprint density at radius 3 is 1.59 bits per heavy atom. The van der Waals surface area contributed by atoms with Gasteiger partial charge >= 0.3 is 19.8 Å². The van der Waals surface area contributed by atoms with Crippen molar-refractivity contribution in [1.29, 1.82) is 0 Å². The van der Waals surface area contributed by atoms with Crippen molar-refractivity contribution in [1.82, 2.24) is 0 Å². The third-order valence-corrected chi connectivity index (χ3v) is 11.1. The number of carbonyl (C=O) groups excluding carboxylic acids is 2. The SMILES string of the molecule is CCC/C=C/C/C=C/C/C=C/C/C=C/CCCCCC(=O)OC[C@@H](COP(=O)(O)OC1C(O)C(O)C(O)[C@H](O)C1O)OC(=O)/C=C/C=C/CCCCCCCCCCCCC. The van der Waals surface area contributed by atoms with Crippen molar-refractivity contribution in [3.63, 3.8) is 0 Å². The summed E-state index contributed by atoms with van der Waals surface area (Å²) in [5, 5.41) is 50.1. The van der Waals surface area contributed by atoms with Gasteiger partial charge in [0, 0.05) is 12.5 Å². The van der Waals surface area contributed by atoms with E-state index in [-0.39, 0.29) is 6.42 Å². The van der Waals surface area contributed by atoms with E-state index in [0.717, 1.165) is 70.3 Å². The monoisotopic (exact) mass is 883 g/mol. The molecule has 1 aliphatic carbocycles. The lowest BCUT2D eigenvalue weighted by atomic mass is 9.85. The van der Waals surface area contributed by atoms with Crippen LogP contribution in [0.3, 0.4) is 0 Å². The quantitative estimate of drug-likeness (QED) is 0.00870. The molecule has 6 N–H and O–H groups in total. The van der Waals surface area contributed by atoms with Gasteiger partial charge in [-0.05, 0) is 57.8 Å². The second kappa shape index (κ2) is 36.7. The molecule has 0 radical (unpaired) electrons. The number of hydrogen-bond acceptors (Lipinski definition) is 12. The molecule has 0 aliphatic heterocycles. The predicted octanol–water partition coefficient (Wildman–Crippen LogP) is 8.72. The third kappa shape index (κ3) is 29.3. The minimum atomic E-state index is -5.15. The Kier molecular flexibility index (Phi) is 33.9. The predicted molar refractivity (Wildman–Crippen MR) is 239 cm³/mol. The second-order valence-electron chi connectivity index (χ2n) is 15.6. The van der Waals surface area contributed by atoms with Gasteiger partial charge in [-0.1, -0.05) is 158 Å². The zero-order valence-electron chi connectivity index (χ0n) is 36.9. The number of ether oxygens (including phenoxy) is 2. The molecular weight excluding hydrogens is 803 g/mol. The minimum absolute atomic E-state index is 0.106. The zero-order chi connectivity index (χ0) is 45.0. The summed E-state index contributed by atoms with van der Waals surface area (Å²) < 4.78 is 33.3. The lowest BCUT2D eigenvalue weighted by molar-refractivity contribution is -0.220. The first kappa shape index (κ1) is 56.3. The molecule has 0 aromatic rings. The summed E-state index contributed by atoms with van der Waals surface area (Å²) >= 11 is 0. The summed E-state index contributed by atoms with van der Waals surface area (Å²) in [5.41, 5.74) is 0. The van der Waals surface area contributed by atoms with Crippen LogP contribution in [0.5, 0.6) is 0 Å². The van der Waals surface area contributed by atoms with Crippen molar-refractivity contribution < 1.29 is 63.1 Å². The van der Waals surface area contributed by atoms with E-state index in [1.807, 2.05) is 6.08 Å². The van der Waals surface area contributed by atoms with Gasteiger partial charge in [-0.3, -0.25) is 13.8 Å². The number of carbonyl (C=O) groups is 2. The summed E-state index contributed by atoms with van der Waals surface area (Å²) in [7, 11) is -5.15. The maximum atomic E-state index is 12.8. The molecule has 0 saturated heterocycles. The smallest absolute Gasteiger partial charge is 0.462 e. The van der Waals surface area contributed by atoms with Crippen LogP contribution in [0.15, 0.2) is 72.9 Å². The normalized spacial score (nSPS) is 22.7. The molecule has 0 amide bonds. The van der Waals surface area contributed by atoms with Gasteiger partial charge in [-0.25, -0.2) is 9.36 Å². The Morgan fingerprint density at radius 1 is 0.557 bits per heavy atom. The molecule has 14 heteroatoms. The fraction of sp³-hybridized carbons (Fsp3) is 0.702. The molecule has 350 valence electrons. The van der Waals surface area contributed by atoms with Gasteiger partial charge in [0.05, 0.1) is 6.61 Å². The molecule has 0 bridgehead atoms.